The first kappa shape index (κ1) is 27.0. The van der Waals surface area contributed by atoms with Gasteiger partial charge in [0.25, 0.3) is 5.91 Å². The molecule has 0 bridgehead atoms. The van der Waals surface area contributed by atoms with Gasteiger partial charge in [-0.3, -0.25) is 4.79 Å². The molecule has 0 aliphatic carbocycles. The van der Waals surface area contributed by atoms with E-state index in [0.29, 0.717) is 18.7 Å². The number of halogens is 1. The second kappa shape index (κ2) is 13.5. The number of rotatable bonds is 9. The highest BCUT2D eigenvalue weighted by Gasteiger charge is 2.22. The van der Waals surface area contributed by atoms with E-state index in [1.54, 1.807) is 7.11 Å². The number of benzene rings is 1. The normalized spacial score (nSPS) is 16.4. The Labute approximate surface area is 213 Å². The summed E-state index contributed by atoms with van der Waals surface area (Å²) in [5.41, 5.74) is 1.65. The van der Waals surface area contributed by atoms with Crippen LogP contribution < -0.4 is 16.0 Å². The fraction of sp³-hybridized carbons (Fsp3) is 0.565. The summed E-state index contributed by atoms with van der Waals surface area (Å²) >= 11 is 0. The van der Waals surface area contributed by atoms with Gasteiger partial charge in [-0.2, -0.15) is 5.10 Å². The fourth-order valence-corrected chi connectivity index (χ4v) is 3.57. The molecule has 1 aliphatic heterocycles. The highest BCUT2D eigenvalue weighted by atomic mass is 127. The van der Waals surface area contributed by atoms with E-state index in [1.807, 2.05) is 42.8 Å². The molecule has 2 heterocycles. The Balaban J connectivity index is 0.00000385. The number of nitrogens with zero attached hydrogens (tertiary/aromatic N) is 4. The molecule has 2 atom stereocenters. The Morgan fingerprint density at radius 2 is 2.18 bits per heavy atom. The fourth-order valence-electron chi connectivity index (χ4n) is 3.57. The standard InChI is InChI=1S/C23H35N7O2.HI/c1-5-16(3)26-22(31)18-9-7-8-17(12-18)13-25-23(24-6-2)27-19-10-11-21-28-20(15-32-4)29-30(21)14-19;/h7-9,12,16,19H,5-6,10-11,13-15H2,1-4H3,(H,26,31)(H2,24,25,27);1H. The zero-order chi connectivity index (χ0) is 22.9. The summed E-state index contributed by atoms with van der Waals surface area (Å²) in [4.78, 5) is 21.7. The summed E-state index contributed by atoms with van der Waals surface area (Å²) in [6.45, 7) is 8.52. The molecule has 0 fully saturated rings. The second-order valence-electron chi connectivity index (χ2n) is 8.12. The first-order valence-corrected chi connectivity index (χ1v) is 11.4. The maximum atomic E-state index is 12.4. The van der Waals surface area contributed by atoms with Gasteiger partial charge in [0.2, 0.25) is 0 Å². The molecule has 3 rings (SSSR count). The summed E-state index contributed by atoms with van der Waals surface area (Å²) in [5.74, 6) is 2.44. The third-order valence-corrected chi connectivity index (χ3v) is 5.46. The van der Waals surface area contributed by atoms with Crippen molar-refractivity contribution in [3.05, 3.63) is 47.0 Å². The molecule has 1 aromatic carbocycles. The molecule has 3 N–H and O–H groups in total. The van der Waals surface area contributed by atoms with Crippen molar-refractivity contribution in [1.82, 2.24) is 30.7 Å². The summed E-state index contributed by atoms with van der Waals surface area (Å²) in [6, 6.07) is 8.01. The Kier molecular flexibility index (Phi) is 11.0. The Bertz CT molecular complexity index is 931. The van der Waals surface area contributed by atoms with E-state index in [9.17, 15) is 4.79 Å². The highest BCUT2D eigenvalue weighted by Crippen LogP contribution is 2.14. The van der Waals surface area contributed by atoms with Gasteiger partial charge in [0.05, 0.1) is 13.1 Å². The van der Waals surface area contributed by atoms with E-state index in [2.05, 4.69) is 33.0 Å². The summed E-state index contributed by atoms with van der Waals surface area (Å²) in [7, 11) is 1.65. The minimum Gasteiger partial charge on any atom is -0.377 e. The number of aliphatic imine (C=N–C) groups is 1. The van der Waals surface area contributed by atoms with Crippen molar-refractivity contribution < 1.29 is 9.53 Å². The lowest BCUT2D eigenvalue weighted by Crippen LogP contribution is -2.47. The number of guanidine groups is 1. The molecule has 0 saturated carbocycles. The van der Waals surface area contributed by atoms with Crippen molar-refractivity contribution in [3.63, 3.8) is 0 Å². The van der Waals surface area contributed by atoms with Gasteiger partial charge < -0.3 is 20.7 Å². The molecule has 2 aromatic rings. The van der Waals surface area contributed by atoms with Crippen molar-refractivity contribution in [1.29, 1.82) is 0 Å². The van der Waals surface area contributed by atoms with Crippen LogP contribution in [-0.4, -0.2) is 52.4 Å². The maximum absolute atomic E-state index is 12.4. The number of aryl methyl sites for hydroxylation is 1. The van der Waals surface area contributed by atoms with Gasteiger partial charge in [-0.15, -0.1) is 24.0 Å². The number of hydrogen-bond acceptors (Lipinski definition) is 5. The van der Waals surface area contributed by atoms with Crippen LogP contribution >= 0.6 is 24.0 Å². The van der Waals surface area contributed by atoms with Crippen molar-refractivity contribution in [3.8, 4) is 0 Å². The number of carbonyl (C=O) groups excluding carboxylic acids is 1. The van der Waals surface area contributed by atoms with Gasteiger partial charge in [-0.25, -0.2) is 14.7 Å². The average Bonchev–Trinajstić information content (AvgIpc) is 3.19. The quantitative estimate of drug-likeness (QED) is 0.244. The van der Waals surface area contributed by atoms with E-state index in [1.165, 1.54) is 0 Å². The largest absolute Gasteiger partial charge is 0.377 e. The number of ether oxygens (including phenoxy) is 1. The smallest absolute Gasteiger partial charge is 0.251 e. The number of nitrogens with one attached hydrogen (secondary N) is 3. The lowest BCUT2D eigenvalue weighted by molar-refractivity contribution is 0.0939. The Morgan fingerprint density at radius 1 is 1.36 bits per heavy atom. The first-order valence-electron chi connectivity index (χ1n) is 11.4. The van der Waals surface area contributed by atoms with E-state index in [4.69, 9.17) is 9.73 Å². The average molecular weight is 569 g/mol. The van der Waals surface area contributed by atoms with Crippen molar-refractivity contribution in [2.75, 3.05) is 13.7 Å². The molecule has 10 heteroatoms. The third-order valence-electron chi connectivity index (χ3n) is 5.46. The van der Waals surface area contributed by atoms with Crippen LogP contribution in [0.2, 0.25) is 0 Å². The number of fused-ring (bicyclic) bond motifs is 1. The summed E-state index contributed by atoms with van der Waals surface area (Å²) < 4.78 is 7.10. The molecule has 33 heavy (non-hydrogen) atoms. The summed E-state index contributed by atoms with van der Waals surface area (Å²) in [6.07, 6.45) is 2.72. The van der Waals surface area contributed by atoms with Crippen LogP contribution in [0.5, 0.6) is 0 Å². The molecule has 0 radical (unpaired) electrons. The number of methoxy groups -OCH3 is 1. The highest BCUT2D eigenvalue weighted by molar-refractivity contribution is 14.0. The monoisotopic (exact) mass is 569 g/mol. The van der Waals surface area contributed by atoms with Gasteiger partial charge in [-0.05, 0) is 44.4 Å². The first-order chi connectivity index (χ1) is 15.5. The number of aromatic nitrogens is 3. The molecule has 2 unspecified atom stereocenters. The second-order valence-corrected chi connectivity index (χ2v) is 8.12. The minimum atomic E-state index is -0.0473. The van der Waals surface area contributed by atoms with E-state index in [-0.39, 0.29) is 42.0 Å². The van der Waals surface area contributed by atoms with Crippen molar-refractivity contribution in [2.24, 2.45) is 4.99 Å². The van der Waals surface area contributed by atoms with Crippen LogP contribution in [0.1, 0.15) is 61.2 Å². The van der Waals surface area contributed by atoms with E-state index >= 15 is 0 Å². The Hall–Kier alpha value is -2.21. The van der Waals surface area contributed by atoms with E-state index < -0.39 is 0 Å². The number of hydrogen-bond donors (Lipinski definition) is 3. The van der Waals surface area contributed by atoms with Gasteiger partial charge in [0.1, 0.15) is 12.4 Å². The van der Waals surface area contributed by atoms with Crippen molar-refractivity contribution >= 4 is 35.8 Å². The van der Waals surface area contributed by atoms with Crippen LogP contribution in [0.3, 0.4) is 0 Å². The zero-order valence-electron chi connectivity index (χ0n) is 19.9. The van der Waals surface area contributed by atoms with Crippen molar-refractivity contribution in [2.45, 2.75) is 71.8 Å². The lowest BCUT2D eigenvalue weighted by atomic mass is 10.1. The minimum absolute atomic E-state index is 0. The van der Waals surface area contributed by atoms with Crippen LogP contribution in [0.25, 0.3) is 0 Å². The predicted octanol–water partition coefficient (Wildman–Crippen LogP) is 2.64. The topological polar surface area (TPSA) is 105 Å². The van der Waals surface area contributed by atoms with Gasteiger partial charge >= 0.3 is 0 Å². The number of carbonyl (C=O) groups is 1. The van der Waals surface area contributed by atoms with Crippen LogP contribution in [0, 0.1) is 0 Å². The van der Waals surface area contributed by atoms with E-state index in [0.717, 1.165) is 55.5 Å². The van der Waals surface area contributed by atoms with Crippen LogP contribution in [-0.2, 0) is 30.9 Å². The number of amides is 1. The molecule has 9 nitrogen and oxygen atoms in total. The molecule has 1 aliphatic rings. The molecule has 0 saturated heterocycles. The third kappa shape index (κ3) is 7.95. The molecule has 0 spiro atoms. The van der Waals surface area contributed by atoms with Gasteiger partial charge in [-0.1, -0.05) is 19.1 Å². The zero-order valence-corrected chi connectivity index (χ0v) is 22.3. The maximum Gasteiger partial charge on any atom is 0.251 e. The molecule has 1 aromatic heterocycles. The predicted molar refractivity (Wildman–Crippen MR) is 140 cm³/mol. The Morgan fingerprint density at radius 3 is 2.91 bits per heavy atom. The van der Waals surface area contributed by atoms with Crippen LogP contribution in [0.15, 0.2) is 29.3 Å². The molecule has 182 valence electrons. The van der Waals surface area contributed by atoms with Crippen LogP contribution in [0.4, 0.5) is 0 Å². The lowest BCUT2D eigenvalue weighted by Gasteiger charge is -2.25. The summed E-state index contributed by atoms with van der Waals surface area (Å²) in [5, 5.41) is 14.4. The van der Waals surface area contributed by atoms with Gasteiger partial charge in [0, 0.05) is 37.7 Å². The molecular weight excluding hydrogens is 533 g/mol. The van der Waals surface area contributed by atoms with Gasteiger partial charge in [0.15, 0.2) is 11.8 Å². The SMILES string of the molecule is CCNC(=NCc1cccc(C(=O)NC(C)CC)c1)NC1CCc2nc(COC)nn2C1.I. The molecule has 1 amide bonds. The molecular formula is C23H36IN7O2.